The lowest BCUT2D eigenvalue weighted by Crippen LogP contribution is -1.92. The van der Waals surface area contributed by atoms with Crippen molar-refractivity contribution in [2.75, 3.05) is 0 Å². The van der Waals surface area contributed by atoms with Gasteiger partial charge in [-0.25, -0.2) is 8.42 Å². The Morgan fingerprint density at radius 2 is 2.18 bits per heavy atom. The molecule has 0 aliphatic carbocycles. The molecule has 11 heavy (non-hydrogen) atoms. The minimum absolute atomic E-state index is 0.0387. The second-order valence-corrected chi connectivity index (χ2v) is 3.24. The first-order valence-corrected chi connectivity index (χ1v) is 4.59. The predicted octanol–water partition coefficient (Wildman–Crippen LogP) is 0.501. The van der Waals surface area contributed by atoms with Gasteiger partial charge in [-0.15, -0.1) is 0 Å². The van der Waals surface area contributed by atoms with Gasteiger partial charge in [0.05, 0.1) is 11.4 Å². The van der Waals surface area contributed by atoms with Crippen molar-refractivity contribution < 1.29 is 8.42 Å². The fourth-order valence-corrected chi connectivity index (χ4v) is 1.26. The molecule has 0 saturated carbocycles. The number of hydrogen-bond donors (Lipinski definition) is 1. The monoisotopic (exact) mass is 171 g/mol. The van der Waals surface area contributed by atoms with Crippen molar-refractivity contribution >= 4 is 10.7 Å². The van der Waals surface area contributed by atoms with E-state index in [-0.39, 0.29) is 5.75 Å². The van der Waals surface area contributed by atoms with E-state index < -0.39 is 10.7 Å². The van der Waals surface area contributed by atoms with Crippen LogP contribution in [0.1, 0.15) is 11.4 Å². The SMILES string of the molecule is Cc1cccc(C[SH](=O)=O)n1. The number of aromatic nitrogens is 1. The zero-order valence-electron chi connectivity index (χ0n) is 6.15. The lowest BCUT2D eigenvalue weighted by Gasteiger charge is -1.94. The Labute approximate surface area is 67.0 Å². The van der Waals surface area contributed by atoms with Gasteiger partial charge in [-0.2, -0.15) is 0 Å². The Balaban J connectivity index is 2.87. The molecule has 1 heterocycles. The molecule has 4 heteroatoms. The van der Waals surface area contributed by atoms with E-state index in [9.17, 15) is 8.42 Å². The highest BCUT2D eigenvalue weighted by molar-refractivity contribution is 7.71. The highest BCUT2D eigenvalue weighted by Crippen LogP contribution is 1.98. The lowest BCUT2D eigenvalue weighted by atomic mass is 10.3. The van der Waals surface area contributed by atoms with Crippen molar-refractivity contribution in [3.05, 3.63) is 29.6 Å². The van der Waals surface area contributed by atoms with Crippen LogP contribution in [0.25, 0.3) is 0 Å². The second-order valence-electron chi connectivity index (χ2n) is 2.26. The maximum absolute atomic E-state index is 10.3. The first kappa shape index (κ1) is 8.20. The predicted molar refractivity (Wildman–Crippen MR) is 43.0 cm³/mol. The van der Waals surface area contributed by atoms with E-state index >= 15 is 0 Å². The standard InChI is InChI=1S/C7H9NO2S/c1-6-3-2-4-7(8-6)5-11(9)10/h2-4,11H,5H2,1H3. The number of thiol groups is 1. The second kappa shape index (κ2) is 3.48. The first-order chi connectivity index (χ1) is 5.18. The van der Waals surface area contributed by atoms with Crippen LogP contribution in [0.2, 0.25) is 0 Å². The fourth-order valence-electron chi connectivity index (χ4n) is 0.820. The Morgan fingerprint density at radius 3 is 2.73 bits per heavy atom. The molecule has 1 aromatic rings. The number of rotatable bonds is 2. The molecule has 0 spiro atoms. The van der Waals surface area contributed by atoms with E-state index in [2.05, 4.69) is 4.98 Å². The third-order valence-corrected chi connectivity index (χ3v) is 1.82. The Bertz CT molecular complexity index is 312. The van der Waals surface area contributed by atoms with E-state index in [0.29, 0.717) is 5.69 Å². The van der Waals surface area contributed by atoms with E-state index in [1.54, 1.807) is 12.1 Å². The maximum atomic E-state index is 10.3. The van der Waals surface area contributed by atoms with Crippen LogP contribution in [0.3, 0.4) is 0 Å². The summed E-state index contributed by atoms with van der Waals surface area (Å²) >= 11 is 0. The molecule has 0 unspecified atom stereocenters. The fraction of sp³-hybridized carbons (Fsp3) is 0.286. The lowest BCUT2D eigenvalue weighted by molar-refractivity contribution is 0.613. The third kappa shape index (κ3) is 2.67. The largest absolute Gasteiger partial charge is 0.257 e. The molecule has 0 amide bonds. The van der Waals surface area contributed by atoms with Gasteiger partial charge in [-0.1, -0.05) is 6.07 Å². The van der Waals surface area contributed by atoms with Crippen LogP contribution in [0.4, 0.5) is 0 Å². The van der Waals surface area contributed by atoms with Crippen LogP contribution in [-0.4, -0.2) is 13.4 Å². The quantitative estimate of drug-likeness (QED) is 0.659. The first-order valence-electron chi connectivity index (χ1n) is 3.23. The summed E-state index contributed by atoms with van der Waals surface area (Å²) in [6.45, 7) is 1.83. The molecule has 0 aromatic carbocycles. The van der Waals surface area contributed by atoms with Crippen molar-refractivity contribution in [3.63, 3.8) is 0 Å². The van der Waals surface area contributed by atoms with Crippen LogP contribution >= 0.6 is 0 Å². The molecule has 1 aromatic heterocycles. The van der Waals surface area contributed by atoms with Gasteiger partial charge < -0.3 is 0 Å². The van der Waals surface area contributed by atoms with Crippen molar-refractivity contribution in [1.29, 1.82) is 0 Å². The van der Waals surface area contributed by atoms with E-state index in [4.69, 9.17) is 0 Å². The van der Waals surface area contributed by atoms with Crippen molar-refractivity contribution in [3.8, 4) is 0 Å². The summed E-state index contributed by atoms with van der Waals surface area (Å²) in [4.78, 5) is 4.03. The van der Waals surface area contributed by atoms with Gasteiger partial charge in [-0.05, 0) is 19.1 Å². The molecule has 60 valence electrons. The summed E-state index contributed by atoms with van der Waals surface area (Å²) in [5.74, 6) is 0.0387. The van der Waals surface area contributed by atoms with Gasteiger partial charge in [0, 0.05) is 5.69 Å². The summed E-state index contributed by atoms with van der Waals surface area (Å²) in [7, 11) is -2.35. The van der Waals surface area contributed by atoms with Gasteiger partial charge in [0.2, 0.25) is 0 Å². The average molecular weight is 171 g/mol. The van der Waals surface area contributed by atoms with Crippen LogP contribution in [0.5, 0.6) is 0 Å². The third-order valence-electron chi connectivity index (χ3n) is 1.24. The number of nitrogens with zero attached hydrogens (tertiary/aromatic N) is 1. The molecular weight excluding hydrogens is 162 g/mol. The molecule has 0 N–H and O–H groups in total. The summed E-state index contributed by atoms with van der Waals surface area (Å²) in [6.07, 6.45) is 0. The van der Waals surface area contributed by atoms with Gasteiger partial charge in [-0.3, -0.25) is 4.98 Å². The molecule has 0 fully saturated rings. The number of hydrogen-bond acceptors (Lipinski definition) is 3. The molecule has 0 atom stereocenters. The Hall–Kier alpha value is -0.900. The minimum Gasteiger partial charge on any atom is -0.257 e. The van der Waals surface area contributed by atoms with Gasteiger partial charge in [0.25, 0.3) is 0 Å². The van der Waals surface area contributed by atoms with Crippen LogP contribution < -0.4 is 0 Å². The molecule has 0 aliphatic heterocycles. The minimum atomic E-state index is -2.35. The molecule has 0 aliphatic rings. The summed E-state index contributed by atoms with van der Waals surface area (Å²) in [5, 5.41) is 0. The highest BCUT2D eigenvalue weighted by Gasteiger charge is 1.94. The highest BCUT2D eigenvalue weighted by atomic mass is 32.2. The van der Waals surface area contributed by atoms with Crippen molar-refractivity contribution in [1.82, 2.24) is 4.98 Å². The number of aryl methyl sites for hydroxylation is 1. The molecular formula is C7H9NO2S. The number of pyridine rings is 1. The summed E-state index contributed by atoms with van der Waals surface area (Å²) < 4.78 is 20.6. The smallest absolute Gasteiger partial charge is 0.145 e. The topological polar surface area (TPSA) is 47.0 Å². The Morgan fingerprint density at radius 1 is 1.45 bits per heavy atom. The molecule has 0 radical (unpaired) electrons. The summed E-state index contributed by atoms with van der Waals surface area (Å²) in [6, 6.07) is 5.34. The normalized spacial score (nSPS) is 10.4. The zero-order valence-corrected chi connectivity index (χ0v) is 7.04. The van der Waals surface area contributed by atoms with E-state index in [1.165, 1.54) is 0 Å². The maximum Gasteiger partial charge on any atom is 0.145 e. The van der Waals surface area contributed by atoms with Gasteiger partial charge in [0.1, 0.15) is 10.7 Å². The van der Waals surface area contributed by atoms with Crippen LogP contribution in [0, 0.1) is 6.92 Å². The van der Waals surface area contributed by atoms with Crippen LogP contribution in [-0.2, 0) is 16.5 Å². The molecule has 1 rings (SSSR count). The van der Waals surface area contributed by atoms with Gasteiger partial charge in [0.15, 0.2) is 0 Å². The molecule has 0 saturated heterocycles. The summed E-state index contributed by atoms with van der Waals surface area (Å²) in [5.41, 5.74) is 1.46. The van der Waals surface area contributed by atoms with Crippen LogP contribution in [0.15, 0.2) is 18.2 Å². The van der Waals surface area contributed by atoms with Crippen molar-refractivity contribution in [2.45, 2.75) is 12.7 Å². The van der Waals surface area contributed by atoms with Crippen molar-refractivity contribution in [2.24, 2.45) is 0 Å². The van der Waals surface area contributed by atoms with Gasteiger partial charge >= 0.3 is 0 Å². The Kier molecular flexibility index (Phi) is 2.59. The molecule has 3 nitrogen and oxygen atoms in total. The average Bonchev–Trinajstić information content (AvgIpc) is 1.85. The van der Waals surface area contributed by atoms with E-state index in [1.807, 2.05) is 13.0 Å². The van der Waals surface area contributed by atoms with E-state index in [0.717, 1.165) is 5.69 Å². The molecule has 0 bridgehead atoms. The zero-order chi connectivity index (χ0) is 8.27.